The minimum Gasteiger partial charge on any atom is -0.278 e. The van der Waals surface area contributed by atoms with E-state index in [1.54, 1.807) is 29.3 Å². The summed E-state index contributed by atoms with van der Waals surface area (Å²) in [5.41, 5.74) is 1.84. The maximum Gasteiger partial charge on any atom is 0.233 e. The Kier molecular flexibility index (Phi) is 3.51. The standard InChI is InChI=1S/C15H16N4O2/c1-18-9-12(8-17-18)5-13-6-14(20)19(15(13)21)10-11-3-2-4-16-7-11/h2-4,7-9,13H,5-6,10H2,1H3. The maximum absolute atomic E-state index is 12.4. The Balaban J connectivity index is 1.70. The van der Waals surface area contributed by atoms with Crippen molar-refractivity contribution in [3.8, 4) is 0 Å². The van der Waals surface area contributed by atoms with E-state index < -0.39 is 0 Å². The van der Waals surface area contributed by atoms with Crippen LogP contribution >= 0.6 is 0 Å². The van der Waals surface area contributed by atoms with Crippen LogP contribution in [0.5, 0.6) is 0 Å². The minimum atomic E-state index is -0.279. The van der Waals surface area contributed by atoms with Gasteiger partial charge in [0.15, 0.2) is 0 Å². The minimum absolute atomic E-state index is 0.104. The highest BCUT2D eigenvalue weighted by Gasteiger charge is 2.38. The molecule has 3 heterocycles. The Morgan fingerprint density at radius 2 is 2.14 bits per heavy atom. The molecule has 0 saturated carbocycles. The van der Waals surface area contributed by atoms with Crippen LogP contribution in [0.4, 0.5) is 0 Å². The Morgan fingerprint density at radius 3 is 2.81 bits per heavy atom. The number of amides is 2. The highest BCUT2D eigenvalue weighted by atomic mass is 16.2. The monoisotopic (exact) mass is 284 g/mol. The molecular weight excluding hydrogens is 268 g/mol. The van der Waals surface area contributed by atoms with E-state index in [-0.39, 0.29) is 24.2 Å². The Hall–Kier alpha value is -2.50. The third-order valence-electron chi connectivity index (χ3n) is 3.64. The molecule has 0 radical (unpaired) electrons. The van der Waals surface area contributed by atoms with Crippen molar-refractivity contribution in [2.45, 2.75) is 19.4 Å². The van der Waals surface area contributed by atoms with E-state index in [0.717, 1.165) is 11.1 Å². The third-order valence-corrected chi connectivity index (χ3v) is 3.64. The van der Waals surface area contributed by atoms with E-state index in [1.165, 1.54) is 4.90 Å². The first-order valence-corrected chi connectivity index (χ1v) is 6.84. The normalized spacial score (nSPS) is 18.5. The zero-order valence-corrected chi connectivity index (χ0v) is 11.8. The summed E-state index contributed by atoms with van der Waals surface area (Å²) in [5.74, 6) is -0.496. The Labute approximate surface area is 122 Å². The summed E-state index contributed by atoms with van der Waals surface area (Å²) in [6.45, 7) is 0.301. The van der Waals surface area contributed by atoms with E-state index in [9.17, 15) is 9.59 Å². The largest absolute Gasteiger partial charge is 0.278 e. The number of hydrogen-bond acceptors (Lipinski definition) is 4. The fourth-order valence-electron chi connectivity index (χ4n) is 2.61. The number of likely N-dealkylation sites (tertiary alicyclic amines) is 1. The van der Waals surface area contributed by atoms with Crippen molar-refractivity contribution >= 4 is 11.8 Å². The van der Waals surface area contributed by atoms with Crippen molar-refractivity contribution in [1.29, 1.82) is 0 Å². The number of aryl methyl sites for hydroxylation is 1. The summed E-state index contributed by atoms with van der Waals surface area (Å²) in [7, 11) is 1.83. The van der Waals surface area contributed by atoms with Gasteiger partial charge in [0.25, 0.3) is 0 Å². The van der Waals surface area contributed by atoms with Crippen LogP contribution in [0.2, 0.25) is 0 Å². The van der Waals surface area contributed by atoms with Gasteiger partial charge in [-0.3, -0.25) is 24.2 Å². The molecule has 1 saturated heterocycles. The summed E-state index contributed by atoms with van der Waals surface area (Å²) < 4.78 is 1.70. The zero-order chi connectivity index (χ0) is 14.8. The topological polar surface area (TPSA) is 68.1 Å². The lowest BCUT2D eigenvalue weighted by atomic mass is 10.0. The maximum atomic E-state index is 12.4. The molecule has 2 aromatic heterocycles. The fraction of sp³-hybridized carbons (Fsp3) is 0.333. The molecule has 1 atom stereocenters. The molecule has 108 valence electrons. The summed E-state index contributed by atoms with van der Waals surface area (Å²) in [6, 6.07) is 3.66. The van der Waals surface area contributed by atoms with Gasteiger partial charge in [-0.15, -0.1) is 0 Å². The van der Waals surface area contributed by atoms with Crippen LogP contribution < -0.4 is 0 Å². The molecule has 0 N–H and O–H groups in total. The number of pyridine rings is 1. The number of rotatable bonds is 4. The number of aromatic nitrogens is 3. The SMILES string of the molecule is Cn1cc(CC2CC(=O)N(Cc3cccnc3)C2=O)cn1. The molecule has 6 nitrogen and oxygen atoms in total. The second-order valence-corrected chi connectivity index (χ2v) is 5.31. The van der Waals surface area contributed by atoms with Crippen molar-refractivity contribution in [1.82, 2.24) is 19.7 Å². The molecule has 1 aliphatic heterocycles. The average Bonchev–Trinajstić information content (AvgIpc) is 2.99. The van der Waals surface area contributed by atoms with E-state index in [0.29, 0.717) is 13.0 Å². The molecule has 0 aromatic carbocycles. The van der Waals surface area contributed by atoms with Crippen molar-refractivity contribution < 1.29 is 9.59 Å². The number of hydrogen-bond donors (Lipinski definition) is 0. The molecule has 0 bridgehead atoms. The van der Waals surface area contributed by atoms with E-state index in [1.807, 2.05) is 19.3 Å². The predicted molar refractivity (Wildman–Crippen MR) is 74.8 cm³/mol. The number of imide groups is 1. The highest BCUT2D eigenvalue weighted by molar-refractivity contribution is 6.03. The van der Waals surface area contributed by atoms with E-state index in [4.69, 9.17) is 0 Å². The molecule has 0 aliphatic carbocycles. The molecule has 3 rings (SSSR count). The van der Waals surface area contributed by atoms with Gasteiger partial charge in [0.05, 0.1) is 18.7 Å². The van der Waals surface area contributed by atoms with E-state index in [2.05, 4.69) is 10.1 Å². The van der Waals surface area contributed by atoms with Gasteiger partial charge in [0, 0.05) is 32.1 Å². The van der Waals surface area contributed by atoms with Gasteiger partial charge >= 0.3 is 0 Å². The van der Waals surface area contributed by atoms with E-state index >= 15 is 0 Å². The quantitative estimate of drug-likeness (QED) is 0.783. The summed E-state index contributed by atoms with van der Waals surface area (Å²) in [5, 5.41) is 4.09. The molecule has 0 spiro atoms. The molecule has 21 heavy (non-hydrogen) atoms. The van der Waals surface area contributed by atoms with Crippen LogP contribution in [0, 0.1) is 5.92 Å². The van der Waals surface area contributed by atoms with Gasteiger partial charge in [0.1, 0.15) is 0 Å². The Bertz CT molecular complexity index is 665. The number of carbonyl (C=O) groups is 2. The van der Waals surface area contributed by atoms with Gasteiger partial charge in [-0.05, 0) is 23.6 Å². The number of nitrogens with zero attached hydrogens (tertiary/aromatic N) is 4. The highest BCUT2D eigenvalue weighted by Crippen LogP contribution is 2.24. The first-order valence-electron chi connectivity index (χ1n) is 6.84. The van der Waals surface area contributed by atoms with Crippen LogP contribution in [0.15, 0.2) is 36.9 Å². The van der Waals surface area contributed by atoms with Crippen molar-refractivity contribution in [3.05, 3.63) is 48.0 Å². The van der Waals surface area contributed by atoms with Crippen molar-refractivity contribution in [2.75, 3.05) is 0 Å². The predicted octanol–water partition coefficient (Wildman–Crippen LogP) is 0.933. The molecular formula is C15H16N4O2. The van der Waals surface area contributed by atoms with Gasteiger partial charge < -0.3 is 0 Å². The number of carbonyl (C=O) groups excluding carboxylic acids is 2. The summed E-state index contributed by atoms with van der Waals surface area (Å²) >= 11 is 0. The molecule has 2 amide bonds. The lowest BCUT2D eigenvalue weighted by Gasteiger charge is -2.14. The molecule has 6 heteroatoms. The first kappa shape index (κ1) is 13.5. The van der Waals surface area contributed by atoms with Crippen LogP contribution in [0.3, 0.4) is 0 Å². The second kappa shape index (κ2) is 5.47. The molecule has 1 aliphatic rings. The van der Waals surface area contributed by atoms with Crippen LogP contribution in [0.25, 0.3) is 0 Å². The molecule has 1 fully saturated rings. The van der Waals surface area contributed by atoms with Gasteiger partial charge in [-0.2, -0.15) is 5.10 Å². The summed E-state index contributed by atoms with van der Waals surface area (Å²) in [4.78, 5) is 29.8. The summed E-state index contributed by atoms with van der Waals surface area (Å²) in [6.07, 6.45) is 7.79. The van der Waals surface area contributed by atoms with Crippen LogP contribution in [-0.4, -0.2) is 31.5 Å². The van der Waals surface area contributed by atoms with Crippen LogP contribution in [0.1, 0.15) is 17.5 Å². The van der Waals surface area contributed by atoms with Gasteiger partial charge in [-0.25, -0.2) is 0 Å². The van der Waals surface area contributed by atoms with Gasteiger partial charge in [0.2, 0.25) is 11.8 Å². The molecule has 2 aromatic rings. The zero-order valence-electron chi connectivity index (χ0n) is 11.8. The first-order chi connectivity index (χ1) is 10.1. The molecule has 1 unspecified atom stereocenters. The van der Waals surface area contributed by atoms with Gasteiger partial charge in [-0.1, -0.05) is 6.07 Å². The van der Waals surface area contributed by atoms with Crippen LogP contribution in [-0.2, 0) is 29.6 Å². The second-order valence-electron chi connectivity index (χ2n) is 5.31. The van der Waals surface area contributed by atoms with Crippen molar-refractivity contribution in [2.24, 2.45) is 13.0 Å². The lowest BCUT2D eigenvalue weighted by Crippen LogP contribution is -2.30. The fourth-order valence-corrected chi connectivity index (χ4v) is 2.61. The smallest absolute Gasteiger partial charge is 0.233 e. The third kappa shape index (κ3) is 2.84. The van der Waals surface area contributed by atoms with Crippen molar-refractivity contribution in [3.63, 3.8) is 0 Å². The average molecular weight is 284 g/mol. The Morgan fingerprint density at radius 1 is 1.29 bits per heavy atom. The lowest BCUT2D eigenvalue weighted by molar-refractivity contribution is -0.140.